The summed E-state index contributed by atoms with van der Waals surface area (Å²) in [6.07, 6.45) is 1.44. The highest BCUT2D eigenvalue weighted by molar-refractivity contribution is 14.1. The van der Waals surface area contributed by atoms with E-state index in [9.17, 15) is 9.18 Å². The zero-order valence-electron chi connectivity index (χ0n) is 19.3. The Labute approximate surface area is 221 Å². The fourth-order valence-corrected chi connectivity index (χ4v) is 4.33. The van der Waals surface area contributed by atoms with Gasteiger partial charge in [-0.15, -0.1) is 0 Å². The number of benzene rings is 4. The van der Waals surface area contributed by atoms with Crippen LogP contribution >= 0.6 is 22.6 Å². The Morgan fingerprint density at radius 2 is 1.89 bits per heavy atom. The Balaban J connectivity index is 1.47. The maximum atomic E-state index is 14.0. The molecule has 0 atom stereocenters. The van der Waals surface area contributed by atoms with Crippen molar-refractivity contribution >= 4 is 45.5 Å². The summed E-state index contributed by atoms with van der Waals surface area (Å²) in [4.78, 5) is 12.3. The maximum absolute atomic E-state index is 14.0. The molecule has 4 rings (SSSR count). The summed E-state index contributed by atoms with van der Waals surface area (Å²) in [5, 5.41) is 15.1. The number of hydrogen-bond acceptors (Lipinski definition) is 5. The number of halogens is 2. The van der Waals surface area contributed by atoms with Crippen molar-refractivity contribution < 1.29 is 18.7 Å². The molecule has 0 aliphatic rings. The van der Waals surface area contributed by atoms with Gasteiger partial charge in [0.1, 0.15) is 12.4 Å². The first-order valence-corrected chi connectivity index (χ1v) is 12.2. The van der Waals surface area contributed by atoms with Crippen LogP contribution in [0.4, 0.5) is 4.39 Å². The fourth-order valence-electron chi connectivity index (χ4n) is 3.54. The van der Waals surface area contributed by atoms with E-state index in [0.717, 1.165) is 20.6 Å². The number of nitrogens with one attached hydrogen (secondary N) is 1. The van der Waals surface area contributed by atoms with Gasteiger partial charge >= 0.3 is 0 Å². The van der Waals surface area contributed by atoms with Crippen LogP contribution in [0.25, 0.3) is 10.8 Å². The van der Waals surface area contributed by atoms with Gasteiger partial charge in [-0.3, -0.25) is 4.79 Å². The standard InChI is InChI=1S/C28H21FIN3O3/c1-2-35-26-14-20(16-32-33-28(34)23-10-8-18(15-31)12-24(23)29)13-25(30)27(26)36-17-19-7-9-21-5-3-4-6-22(21)11-19/h3-14,16H,2,17H2,1H3,(H,33,34)/b32-16-. The summed E-state index contributed by atoms with van der Waals surface area (Å²) < 4.78 is 26.8. The van der Waals surface area contributed by atoms with Gasteiger partial charge in [-0.1, -0.05) is 36.4 Å². The van der Waals surface area contributed by atoms with Gasteiger partial charge in [0.15, 0.2) is 11.5 Å². The van der Waals surface area contributed by atoms with Gasteiger partial charge in [-0.2, -0.15) is 10.4 Å². The maximum Gasteiger partial charge on any atom is 0.274 e. The molecule has 0 heterocycles. The minimum Gasteiger partial charge on any atom is -0.490 e. The van der Waals surface area contributed by atoms with Crippen LogP contribution in [0.5, 0.6) is 11.5 Å². The molecule has 1 N–H and O–H groups in total. The molecule has 1 amide bonds. The predicted octanol–water partition coefficient (Wildman–Crippen LogP) is 6.20. The lowest BCUT2D eigenvalue weighted by atomic mass is 10.1. The van der Waals surface area contributed by atoms with Crippen LogP contribution in [0.2, 0.25) is 0 Å². The lowest BCUT2D eigenvalue weighted by molar-refractivity contribution is 0.0951. The Kier molecular flexibility index (Phi) is 8.13. The van der Waals surface area contributed by atoms with Crippen LogP contribution < -0.4 is 14.9 Å². The molecular formula is C28H21FIN3O3. The van der Waals surface area contributed by atoms with E-state index in [0.29, 0.717) is 30.3 Å². The van der Waals surface area contributed by atoms with Crippen LogP contribution in [0.1, 0.15) is 34.0 Å². The van der Waals surface area contributed by atoms with Crippen molar-refractivity contribution in [1.82, 2.24) is 5.43 Å². The number of nitrogens with zero attached hydrogens (tertiary/aromatic N) is 2. The zero-order valence-corrected chi connectivity index (χ0v) is 21.5. The summed E-state index contributed by atoms with van der Waals surface area (Å²) in [5.41, 5.74) is 3.94. The van der Waals surface area contributed by atoms with Gasteiger partial charge in [-0.25, -0.2) is 9.82 Å². The van der Waals surface area contributed by atoms with E-state index >= 15 is 0 Å². The molecule has 0 saturated heterocycles. The first kappa shape index (κ1) is 25.1. The topological polar surface area (TPSA) is 83.7 Å². The number of amides is 1. The van der Waals surface area contributed by atoms with Crippen LogP contribution in [0, 0.1) is 20.7 Å². The van der Waals surface area contributed by atoms with E-state index in [-0.39, 0.29) is 11.1 Å². The van der Waals surface area contributed by atoms with E-state index in [1.54, 1.807) is 6.07 Å². The van der Waals surface area contributed by atoms with E-state index in [2.05, 4.69) is 57.4 Å². The highest BCUT2D eigenvalue weighted by Crippen LogP contribution is 2.34. The highest BCUT2D eigenvalue weighted by atomic mass is 127. The number of ether oxygens (including phenoxy) is 2. The Morgan fingerprint density at radius 1 is 1.08 bits per heavy atom. The molecule has 8 heteroatoms. The third-order valence-electron chi connectivity index (χ3n) is 5.25. The van der Waals surface area contributed by atoms with Crippen LogP contribution in [0.3, 0.4) is 0 Å². The summed E-state index contributed by atoms with van der Waals surface area (Å²) in [6.45, 7) is 2.70. The lowest BCUT2D eigenvalue weighted by Gasteiger charge is -2.15. The highest BCUT2D eigenvalue weighted by Gasteiger charge is 2.14. The Bertz CT molecular complexity index is 1500. The summed E-state index contributed by atoms with van der Waals surface area (Å²) in [6, 6.07) is 23.4. The molecule has 0 bridgehead atoms. The molecule has 0 fully saturated rings. The molecule has 6 nitrogen and oxygen atoms in total. The van der Waals surface area contributed by atoms with Crippen molar-refractivity contribution in [3.8, 4) is 17.6 Å². The third-order valence-corrected chi connectivity index (χ3v) is 6.05. The minimum atomic E-state index is -0.789. The number of rotatable bonds is 8. The van der Waals surface area contributed by atoms with Crippen LogP contribution in [0.15, 0.2) is 77.9 Å². The normalized spacial score (nSPS) is 10.8. The van der Waals surface area contributed by atoms with Crippen molar-refractivity contribution in [2.75, 3.05) is 6.61 Å². The number of fused-ring (bicyclic) bond motifs is 1. The average molecular weight is 593 g/mol. The predicted molar refractivity (Wildman–Crippen MR) is 145 cm³/mol. The molecule has 0 saturated carbocycles. The van der Waals surface area contributed by atoms with E-state index in [4.69, 9.17) is 14.7 Å². The lowest BCUT2D eigenvalue weighted by Crippen LogP contribution is -2.19. The Hall–Kier alpha value is -3.97. The number of nitriles is 1. The van der Waals surface area contributed by atoms with Crippen molar-refractivity contribution in [1.29, 1.82) is 5.26 Å². The number of carbonyl (C=O) groups excluding carboxylic acids is 1. The number of hydrogen-bond donors (Lipinski definition) is 1. The second-order valence-corrected chi connectivity index (χ2v) is 8.90. The number of hydrazone groups is 1. The monoisotopic (exact) mass is 593 g/mol. The van der Waals surface area contributed by atoms with Gasteiger partial charge in [0.25, 0.3) is 5.91 Å². The van der Waals surface area contributed by atoms with Gasteiger partial charge in [0.2, 0.25) is 0 Å². The molecule has 0 aliphatic heterocycles. The molecule has 0 aliphatic carbocycles. The van der Waals surface area contributed by atoms with Crippen LogP contribution in [-0.4, -0.2) is 18.7 Å². The largest absolute Gasteiger partial charge is 0.490 e. The van der Waals surface area contributed by atoms with E-state index in [1.807, 2.05) is 37.3 Å². The molecule has 0 unspecified atom stereocenters. The van der Waals surface area contributed by atoms with Gasteiger partial charge in [0, 0.05) is 0 Å². The molecule has 180 valence electrons. The first-order chi connectivity index (χ1) is 17.5. The molecule has 4 aromatic rings. The van der Waals surface area contributed by atoms with E-state index in [1.165, 1.54) is 23.7 Å². The van der Waals surface area contributed by atoms with Crippen molar-refractivity contribution in [2.45, 2.75) is 13.5 Å². The van der Waals surface area contributed by atoms with Gasteiger partial charge < -0.3 is 9.47 Å². The zero-order chi connectivity index (χ0) is 25.5. The molecule has 36 heavy (non-hydrogen) atoms. The van der Waals surface area contributed by atoms with Gasteiger partial charge in [0.05, 0.1) is 33.6 Å². The SMILES string of the molecule is CCOc1cc(/C=N\NC(=O)c2ccc(C#N)cc2F)cc(I)c1OCc1ccc2ccccc2c1. The molecule has 0 radical (unpaired) electrons. The molecule has 0 spiro atoms. The van der Waals surface area contributed by atoms with E-state index < -0.39 is 11.7 Å². The third kappa shape index (κ3) is 5.98. The smallest absolute Gasteiger partial charge is 0.274 e. The van der Waals surface area contributed by atoms with Crippen molar-refractivity contribution in [3.63, 3.8) is 0 Å². The second-order valence-electron chi connectivity index (χ2n) is 7.74. The summed E-state index contributed by atoms with van der Waals surface area (Å²) in [5.74, 6) is -0.339. The molecule has 0 aromatic heterocycles. The summed E-state index contributed by atoms with van der Waals surface area (Å²) in [7, 11) is 0. The van der Waals surface area contributed by atoms with Crippen molar-refractivity contribution in [2.24, 2.45) is 5.10 Å². The minimum absolute atomic E-state index is 0.133. The second kappa shape index (κ2) is 11.6. The molecular weight excluding hydrogens is 572 g/mol. The van der Waals surface area contributed by atoms with Crippen molar-refractivity contribution in [3.05, 3.63) is 104 Å². The quantitative estimate of drug-likeness (QED) is 0.150. The number of carbonyl (C=O) groups is 1. The molecule has 4 aromatic carbocycles. The first-order valence-electron chi connectivity index (χ1n) is 11.1. The average Bonchev–Trinajstić information content (AvgIpc) is 2.88. The Morgan fingerprint density at radius 3 is 2.64 bits per heavy atom. The van der Waals surface area contributed by atoms with Crippen LogP contribution in [-0.2, 0) is 6.61 Å². The fraction of sp³-hybridized carbons (Fsp3) is 0.107. The summed E-state index contributed by atoms with van der Waals surface area (Å²) >= 11 is 2.16. The van der Waals surface area contributed by atoms with Gasteiger partial charge in [-0.05, 0) is 87.8 Å².